The number of benzene rings is 1. The monoisotopic (exact) mass is 208 g/mol. The van der Waals surface area contributed by atoms with Gasteiger partial charge < -0.3 is 9.67 Å². The molecule has 0 amide bonds. The molecule has 0 aliphatic heterocycles. The van der Waals surface area contributed by atoms with E-state index in [4.69, 9.17) is 5.11 Å². The maximum atomic E-state index is 13.0. The molecular weight excluding hydrogens is 199 g/mol. The molecule has 0 saturated heterocycles. The first kappa shape index (κ1) is 9.51. The molecule has 0 spiro atoms. The molecule has 0 aliphatic rings. The molecule has 0 saturated carbocycles. The molecule has 0 fully saturated rings. The molecule has 0 radical (unpaired) electrons. The van der Waals surface area contributed by atoms with Gasteiger partial charge in [0.05, 0.1) is 5.69 Å². The van der Waals surface area contributed by atoms with Gasteiger partial charge in [-0.3, -0.25) is 4.57 Å². The Balaban J connectivity index is 2.60. The van der Waals surface area contributed by atoms with E-state index < -0.39 is 11.6 Å². The number of nitrogens with zero attached hydrogens (tertiary/aromatic N) is 2. The maximum Gasteiger partial charge on any atom is 0.332 e. The largest absolute Gasteiger partial charge is 0.505 e. The number of rotatable bonds is 1. The Labute approximate surface area is 84.8 Å². The molecule has 0 aliphatic carbocycles. The number of hydrogen-bond donors (Lipinski definition) is 1. The summed E-state index contributed by atoms with van der Waals surface area (Å²) in [6, 6.07) is 3.79. The lowest BCUT2D eigenvalue weighted by atomic mass is 10.3. The van der Waals surface area contributed by atoms with Crippen LogP contribution in [0.1, 0.15) is 0 Å². The van der Waals surface area contributed by atoms with Crippen molar-refractivity contribution >= 4 is 0 Å². The highest BCUT2D eigenvalue weighted by molar-refractivity contribution is 5.37. The van der Waals surface area contributed by atoms with Crippen molar-refractivity contribution in [2.24, 2.45) is 7.05 Å². The number of phenolic OH excluding ortho intramolecular Hbond substituents is 1. The van der Waals surface area contributed by atoms with Gasteiger partial charge in [-0.1, -0.05) is 0 Å². The normalized spacial score (nSPS) is 10.5. The summed E-state index contributed by atoms with van der Waals surface area (Å²) in [5.41, 5.74) is 0.121. The van der Waals surface area contributed by atoms with Crippen LogP contribution in [-0.4, -0.2) is 14.2 Å². The smallest absolute Gasteiger partial charge is 0.332 e. The van der Waals surface area contributed by atoms with Crippen LogP contribution in [0.2, 0.25) is 0 Å². The molecule has 15 heavy (non-hydrogen) atoms. The number of halogens is 1. The van der Waals surface area contributed by atoms with Gasteiger partial charge in [-0.05, 0) is 12.1 Å². The van der Waals surface area contributed by atoms with Crippen LogP contribution in [-0.2, 0) is 7.05 Å². The molecule has 4 nitrogen and oxygen atoms in total. The van der Waals surface area contributed by atoms with E-state index >= 15 is 0 Å². The van der Waals surface area contributed by atoms with E-state index in [1.165, 1.54) is 27.5 Å². The number of imidazole rings is 1. The van der Waals surface area contributed by atoms with Gasteiger partial charge in [-0.2, -0.15) is 0 Å². The minimum atomic E-state index is -0.747. The fourth-order valence-corrected chi connectivity index (χ4v) is 1.31. The second-order valence-electron chi connectivity index (χ2n) is 3.20. The first-order valence-electron chi connectivity index (χ1n) is 4.32. The third-order valence-corrected chi connectivity index (χ3v) is 2.16. The summed E-state index contributed by atoms with van der Waals surface area (Å²) in [5.74, 6) is -1.18. The summed E-state index contributed by atoms with van der Waals surface area (Å²) in [6.07, 6.45) is 3.11. The second kappa shape index (κ2) is 3.27. The van der Waals surface area contributed by atoms with Crippen LogP contribution in [0, 0.1) is 5.82 Å². The van der Waals surface area contributed by atoms with Gasteiger partial charge in [0, 0.05) is 25.5 Å². The van der Waals surface area contributed by atoms with Gasteiger partial charge in [-0.15, -0.1) is 0 Å². The third kappa shape index (κ3) is 1.52. The molecule has 2 rings (SSSR count). The van der Waals surface area contributed by atoms with Crippen molar-refractivity contribution in [1.29, 1.82) is 0 Å². The summed E-state index contributed by atoms with van der Waals surface area (Å²) in [5, 5.41) is 9.00. The Morgan fingerprint density at radius 2 is 2.07 bits per heavy atom. The zero-order valence-corrected chi connectivity index (χ0v) is 8.01. The highest BCUT2D eigenvalue weighted by Gasteiger charge is 2.06. The minimum absolute atomic E-state index is 0.264. The van der Waals surface area contributed by atoms with E-state index in [1.807, 2.05) is 0 Å². The molecule has 1 heterocycles. The molecule has 1 aromatic heterocycles. The third-order valence-electron chi connectivity index (χ3n) is 2.16. The highest BCUT2D eigenvalue weighted by Crippen LogP contribution is 2.17. The van der Waals surface area contributed by atoms with E-state index in [9.17, 15) is 9.18 Å². The predicted octanol–water partition coefficient (Wildman–Crippen LogP) is 1.02. The average Bonchev–Trinajstić information content (AvgIpc) is 2.53. The van der Waals surface area contributed by atoms with Crippen molar-refractivity contribution in [3.05, 3.63) is 46.9 Å². The van der Waals surface area contributed by atoms with Crippen molar-refractivity contribution in [3.8, 4) is 11.4 Å². The molecular formula is C10H9FN2O2. The molecule has 1 N–H and O–H groups in total. The number of aromatic nitrogens is 2. The molecule has 0 atom stereocenters. The fourth-order valence-electron chi connectivity index (χ4n) is 1.31. The minimum Gasteiger partial charge on any atom is -0.505 e. The van der Waals surface area contributed by atoms with Crippen LogP contribution in [0.5, 0.6) is 5.75 Å². The summed E-state index contributed by atoms with van der Waals surface area (Å²) in [7, 11) is 1.61. The van der Waals surface area contributed by atoms with Crippen molar-refractivity contribution in [3.63, 3.8) is 0 Å². The maximum absolute atomic E-state index is 13.0. The molecule has 0 bridgehead atoms. The van der Waals surface area contributed by atoms with Crippen molar-refractivity contribution in [2.45, 2.75) is 0 Å². The van der Waals surface area contributed by atoms with E-state index in [1.54, 1.807) is 13.2 Å². The van der Waals surface area contributed by atoms with E-state index in [0.29, 0.717) is 5.69 Å². The van der Waals surface area contributed by atoms with Crippen LogP contribution in [0.25, 0.3) is 5.69 Å². The summed E-state index contributed by atoms with van der Waals surface area (Å²) in [4.78, 5) is 11.5. The van der Waals surface area contributed by atoms with Gasteiger partial charge >= 0.3 is 5.69 Å². The van der Waals surface area contributed by atoms with Gasteiger partial charge in [0.2, 0.25) is 0 Å². The Morgan fingerprint density at radius 1 is 1.33 bits per heavy atom. The Morgan fingerprint density at radius 3 is 2.60 bits per heavy atom. The number of aryl methyl sites for hydroxylation is 1. The van der Waals surface area contributed by atoms with Crippen LogP contribution >= 0.6 is 0 Å². The van der Waals surface area contributed by atoms with Gasteiger partial charge in [0.1, 0.15) is 0 Å². The molecule has 1 aromatic carbocycles. The SMILES string of the molecule is Cn1ccn(-c2ccc(O)c(F)c2)c1=O. The highest BCUT2D eigenvalue weighted by atomic mass is 19.1. The Hall–Kier alpha value is -2.04. The van der Waals surface area contributed by atoms with Crippen LogP contribution in [0.15, 0.2) is 35.4 Å². The van der Waals surface area contributed by atoms with Crippen LogP contribution in [0.4, 0.5) is 4.39 Å². The lowest BCUT2D eigenvalue weighted by molar-refractivity contribution is 0.432. The molecule has 2 aromatic rings. The van der Waals surface area contributed by atoms with Gasteiger partial charge in [0.15, 0.2) is 11.6 Å². The van der Waals surface area contributed by atoms with E-state index in [2.05, 4.69) is 0 Å². The Kier molecular flexibility index (Phi) is 2.07. The summed E-state index contributed by atoms with van der Waals surface area (Å²) >= 11 is 0. The van der Waals surface area contributed by atoms with Gasteiger partial charge in [0.25, 0.3) is 0 Å². The molecule has 0 unspecified atom stereocenters. The zero-order valence-electron chi connectivity index (χ0n) is 8.01. The standard InChI is InChI=1S/C10H9FN2O2/c1-12-4-5-13(10(12)15)7-2-3-9(14)8(11)6-7/h2-6,14H,1H3. The summed E-state index contributed by atoms with van der Waals surface area (Å²) < 4.78 is 15.7. The number of aromatic hydroxyl groups is 1. The summed E-state index contributed by atoms with van der Waals surface area (Å²) in [6.45, 7) is 0. The molecule has 5 heteroatoms. The zero-order chi connectivity index (χ0) is 11.0. The first-order valence-corrected chi connectivity index (χ1v) is 4.32. The quantitative estimate of drug-likeness (QED) is 0.760. The topological polar surface area (TPSA) is 47.2 Å². The van der Waals surface area contributed by atoms with E-state index in [-0.39, 0.29) is 5.69 Å². The average molecular weight is 208 g/mol. The Bertz CT molecular complexity index is 557. The van der Waals surface area contributed by atoms with Gasteiger partial charge in [-0.25, -0.2) is 9.18 Å². The fraction of sp³-hybridized carbons (Fsp3) is 0.100. The van der Waals surface area contributed by atoms with Crippen molar-refractivity contribution in [2.75, 3.05) is 0 Å². The lowest BCUT2D eigenvalue weighted by Crippen LogP contribution is -2.20. The second-order valence-corrected chi connectivity index (χ2v) is 3.20. The van der Waals surface area contributed by atoms with E-state index in [0.717, 1.165) is 6.07 Å². The lowest BCUT2D eigenvalue weighted by Gasteiger charge is -2.01. The van der Waals surface area contributed by atoms with Crippen LogP contribution < -0.4 is 5.69 Å². The molecule has 78 valence electrons. The van der Waals surface area contributed by atoms with Crippen LogP contribution in [0.3, 0.4) is 0 Å². The number of hydrogen-bond acceptors (Lipinski definition) is 2. The first-order chi connectivity index (χ1) is 7.09. The van der Waals surface area contributed by atoms with Crippen molar-refractivity contribution < 1.29 is 9.50 Å². The number of phenols is 1. The van der Waals surface area contributed by atoms with Crippen molar-refractivity contribution in [1.82, 2.24) is 9.13 Å². The predicted molar refractivity (Wildman–Crippen MR) is 52.6 cm³/mol.